The molecule has 7 rings (SSSR count). The fourth-order valence-electron chi connectivity index (χ4n) is 5.95. The summed E-state index contributed by atoms with van der Waals surface area (Å²) >= 11 is 1.70. The molecule has 0 bridgehead atoms. The van der Waals surface area contributed by atoms with Crippen molar-refractivity contribution in [3.63, 3.8) is 0 Å². The van der Waals surface area contributed by atoms with E-state index in [1.807, 2.05) is 44.2 Å². The highest BCUT2D eigenvalue weighted by molar-refractivity contribution is 7.26. The molecule has 2 aliphatic heterocycles. The second kappa shape index (κ2) is 10.8. The fraction of sp³-hybridized carbons (Fsp3) is 0.333. The zero-order valence-corrected chi connectivity index (χ0v) is 24.6. The first kappa shape index (κ1) is 27.1. The van der Waals surface area contributed by atoms with Gasteiger partial charge >= 0.3 is 0 Å². The molecule has 216 valence electrons. The van der Waals surface area contributed by atoms with Crippen LogP contribution in [0.25, 0.3) is 42.3 Å². The van der Waals surface area contributed by atoms with Crippen LogP contribution in [0, 0.1) is 0 Å². The van der Waals surface area contributed by atoms with Gasteiger partial charge in [-0.15, -0.1) is 11.3 Å². The molecule has 42 heavy (non-hydrogen) atoms. The van der Waals surface area contributed by atoms with Crippen molar-refractivity contribution in [2.24, 2.45) is 0 Å². The Hall–Kier alpha value is -3.76. The summed E-state index contributed by atoms with van der Waals surface area (Å²) in [6.07, 6.45) is 0. The van der Waals surface area contributed by atoms with Crippen LogP contribution in [0.2, 0.25) is 0 Å². The van der Waals surface area contributed by atoms with Gasteiger partial charge in [0.15, 0.2) is 11.3 Å². The number of morpholine rings is 2. The maximum atomic E-state index is 13.4. The third-order valence-electron chi connectivity index (χ3n) is 8.47. The molecule has 0 saturated carbocycles. The zero-order valence-electron chi connectivity index (χ0n) is 23.8. The molecule has 3 aromatic carbocycles. The average Bonchev–Trinajstić information content (AvgIpc) is 3.40. The number of carbonyl (C=O) groups is 1. The van der Waals surface area contributed by atoms with E-state index < -0.39 is 5.54 Å². The van der Waals surface area contributed by atoms with Crippen LogP contribution in [0.3, 0.4) is 0 Å². The highest BCUT2D eigenvalue weighted by Crippen LogP contribution is 2.42. The maximum Gasteiger partial charge on any atom is 0.244 e. The number of rotatable bonds is 5. The minimum atomic E-state index is -0.652. The smallest absolute Gasteiger partial charge is 0.244 e. The molecule has 1 N–H and O–H groups in total. The molecule has 9 heteroatoms. The Morgan fingerprint density at radius 1 is 0.833 bits per heavy atom. The van der Waals surface area contributed by atoms with Crippen molar-refractivity contribution in [1.29, 1.82) is 0 Å². The number of nitrogens with one attached hydrogen (secondary N) is 1. The number of hydrogen-bond donors (Lipinski definition) is 1. The van der Waals surface area contributed by atoms with Crippen LogP contribution in [0.1, 0.15) is 13.8 Å². The van der Waals surface area contributed by atoms with Gasteiger partial charge in [-0.25, -0.2) is 0 Å². The lowest BCUT2D eigenvalue weighted by Gasteiger charge is -2.39. The molecule has 2 saturated heterocycles. The van der Waals surface area contributed by atoms with Crippen molar-refractivity contribution in [3.8, 4) is 11.1 Å². The van der Waals surface area contributed by atoms with Crippen LogP contribution >= 0.6 is 11.3 Å². The Labute approximate surface area is 247 Å². The summed E-state index contributed by atoms with van der Waals surface area (Å²) in [7, 11) is 0. The van der Waals surface area contributed by atoms with Gasteiger partial charge in [-0.05, 0) is 38.1 Å². The van der Waals surface area contributed by atoms with Crippen LogP contribution in [0.5, 0.6) is 0 Å². The largest absolute Gasteiger partial charge is 0.440 e. The molecule has 8 nitrogen and oxygen atoms in total. The van der Waals surface area contributed by atoms with Crippen molar-refractivity contribution in [2.45, 2.75) is 19.4 Å². The van der Waals surface area contributed by atoms with Crippen molar-refractivity contribution < 1.29 is 18.7 Å². The highest BCUT2D eigenvalue weighted by Gasteiger charge is 2.35. The fourth-order valence-corrected chi connectivity index (χ4v) is 7.17. The molecule has 2 fully saturated rings. The Morgan fingerprint density at radius 2 is 1.52 bits per heavy atom. The lowest BCUT2D eigenvalue weighted by Crippen LogP contribution is -2.56. The van der Waals surface area contributed by atoms with Gasteiger partial charge < -0.3 is 24.1 Å². The van der Waals surface area contributed by atoms with Crippen molar-refractivity contribution >= 4 is 60.0 Å². The summed E-state index contributed by atoms with van der Waals surface area (Å²) in [4.78, 5) is 30.8. The van der Waals surface area contributed by atoms with Gasteiger partial charge in [-0.1, -0.05) is 30.3 Å². The molecule has 0 unspecified atom stereocenters. The molecule has 0 atom stereocenters. The van der Waals surface area contributed by atoms with Gasteiger partial charge in [0, 0.05) is 69.2 Å². The van der Waals surface area contributed by atoms with Gasteiger partial charge in [0.1, 0.15) is 5.58 Å². The predicted molar refractivity (Wildman–Crippen MR) is 169 cm³/mol. The molecule has 1 amide bonds. The Balaban J connectivity index is 1.28. The standard InChI is InChI=1S/C33H33N3O5S/c1-33(2,36-13-17-40-18-14-36)32(38)34-21-9-10-28-26(19-21)24-7-4-6-23(31(24)42-28)22-5-3-8-25-27(37)20-29(41-30(22)25)35-11-15-39-16-12-35/h3-10,19-20H,11-18H2,1-2H3,(H,34,38). The van der Waals surface area contributed by atoms with E-state index in [1.165, 1.54) is 0 Å². The van der Waals surface area contributed by atoms with Crippen LogP contribution in [-0.4, -0.2) is 69.0 Å². The van der Waals surface area contributed by atoms with E-state index in [9.17, 15) is 9.59 Å². The molecule has 2 aromatic heterocycles. The number of para-hydroxylation sites is 1. The second-order valence-electron chi connectivity index (χ2n) is 11.3. The third-order valence-corrected chi connectivity index (χ3v) is 9.69. The number of hydrogen-bond acceptors (Lipinski definition) is 8. The molecule has 0 spiro atoms. The SMILES string of the molecule is CC(C)(C(=O)Nc1ccc2sc3c(-c4cccc5c(=O)cc(N6CCOCC6)oc45)cccc3c2c1)N1CCOCC1. The van der Waals surface area contributed by atoms with Crippen molar-refractivity contribution in [3.05, 3.63) is 70.9 Å². The minimum Gasteiger partial charge on any atom is -0.440 e. The average molecular weight is 584 g/mol. The number of anilines is 2. The van der Waals surface area contributed by atoms with E-state index in [1.54, 1.807) is 17.4 Å². The maximum absolute atomic E-state index is 13.4. The molecular weight excluding hydrogens is 550 g/mol. The summed E-state index contributed by atoms with van der Waals surface area (Å²) in [6.45, 7) is 9.27. The molecular formula is C33H33N3O5S. The van der Waals surface area contributed by atoms with Gasteiger partial charge in [0.25, 0.3) is 0 Å². The molecule has 5 aromatic rings. The predicted octanol–water partition coefficient (Wildman–Crippen LogP) is 5.71. The van der Waals surface area contributed by atoms with E-state index in [4.69, 9.17) is 13.9 Å². The number of fused-ring (bicyclic) bond motifs is 4. The zero-order chi connectivity index (χ0) is 28.8. The van der Waals surface area contributed by atoms with E-state index in [-0.39, 0.29) is 11.3 Å². The summed E-state index contributed by atoms with van der Waals surface area (Å²) in [6, 6.07) is 19.7. The first-order valence-corrected chi connectivity index (χ1v) is 15.2. The molecule has 2 aliphatic rings. The second-order valence-corrected chi connectivity index (χ2v) is 12.4. The summed E-state index contributed by atoms with van der Waals surface area (Å²) in [5.74, 6) is 0.540. The van der Waals surface area contributed by atoms with Crippen molar-refractivity contribution in [1.82, 2.24) is 4.90 Å². The number of ether oxygens (including phenoxy) is 2. The van der Waals surface area contributed by atoms with E-state index in [2.05, 4.69) is 39.4 Å². The summed E-state index contributed by atoms with van der Waals surface area (Å²) in [5.41, 5.74) is 2.56. The number of nitrogens with zero attached hydrogens (tertiary/aromatic N) is 2. The summed E-state index contributed by atoms with van der Waals surface area (Å²) in [5, 5.41) is 5.90. The van der Waals surface area contributed by atoms with Gasteiger partial charge in [0.2, 0.25) is 5.91 Å². The molecule has 0 aliphatic carbocycles. The number of benzene rings is 3. The Kier molecular flexibility index (Phi) is 6.98. The quantitative estimate of drug-likeness (QED) is 0.284. The van der Waals surface area contributed by atoms with Crippen LogP contribution in [0.4, 0.5) is 11.6 Å². The van der Waals surface area contributed by atoms with Crippen LogP contribution < -0.4 is 15.6 Å². The lowest BCUT2D eigenvalue weighted by atomic mass is 9.99. The summed E-state index contributed by atoms with van der Waals surface area (Å²) < 4.78 is 19.7. The number of carbonyl (C=O) groups excluding carboxylic acids is 1. The first-order valence-electron chi connectivity index (χ1n) is 14.4. The normalized spacial score (nSPS) is 16.9. The van der Waals surface area contributed by atoms with E-state index >= 15 is 0 Å². The van der Waals surface area contributed by atoms with Gasteiger partial charge in [-0.3, -0.25) is 14.5 Å². The topological polar surface area (TPSA) is 84.2 Å². The lowest BCUT2D eigenvalue weighted by molar-refractivity contribution is -0.129. The minimum absolute atomic E-state index is 0.0363. The van der Waals surface area contributed by atoms with Gasteiger partial charge in [0.05, 0.1) is 37.4 Å². The van der Waals surface area contributed by atoms with E-state index in [0.29, 0.717) is 56.4 Å². The van der Waals surface area contributed by atoms with E-state index in [0.717, 1.165) is 50.1 Å². The van der Waals surface area contributed by atoms with Crippen LogP contribution in [0.15, 0.2) is 69.9 Å². The monoisotopic (exact) mass is 583 g/mol. The highest BCUT2D eigenvalue weighted by atomic mass is 32.1. The number of thiophene rings is 1. The Bertz CT molecular complexity index is 1870. The molecule has 0 radical (unpaired) electrons. The van der Waals surface area contributed by atoms with Crippen molar-refractivity contribution in [2.75, 3.05) is 62.8 Å². The van der Waals surface area contributed by atoms with Crippen LogP contribution in [-0.2, 0) is 14.3 Å². The number of amides is 1. The molecule has 4 heterocycles. The Morgan fingerprint density at radius 3 is 2.29 bits per heavy atom. The van der Waals surface area contributed by atoms with Gasteiger partial charge in [-0.2, -0.15) is 0 Å². The first-order chi connectivity index (χ1) is 20.4. The third kappa shape index (κ3) is 4.76.